The average molecular weight is 236 g/mol. The van der Waals surface area contributed by atoms with Gasteiger partial charge in [-0.05, 0) is 30.5 Å². The lowest BCUT2D eigenvalue weighted by atomic mass is 9.96. The minimum absolute atomic E-state index is 0. The van der Waals surface area contributed by atoms with E-state index in [1.807, 2.05) is 32.0 Å². The first kappa shape index (κ1) is 14.3. The van der Waals surface area contributed by atoms with Crippen LogP contribution in [0.4, 0.5) is 8.78 Å². The Kier molecular flexibility index (Phi) is 5.76. The Morgan fingerprint density at radius 3 is 2.40 bits per heavy atom. The van der Waals surface area contributed by atoms with Gasteiger partial charge in [0.25, 0.3) is 0 Å². The summed E-state index contributed by atoms with van der Waals surface area (Å²) in [7, 11) is 0. The SMILES string of the molecule is Cc1cccc([C@@H](N)CC(F)F)c1C.Cl. The predicted molar refractivity (Wildman–Crippen MR) is 60.7 cm³/mol. The maximum atomic E-state index is 12.1. The lowest BCUT2D eigenvalue weighted by Crippen LogP contribution is -2.15. The van der Waals surface area contributed by atoms with Gasteiger partial charge in [-0.15, -0.1) is 12.4 Å². The van der Waals surface area contributed by atoms with Crippen molar-refractivity contribution < 1.29 is 8.78 Å². The molecule has 0 unspecified atom stereocenters. The zero-order valence-corrected chi connectivity index (χ0v) is 9.65. The zero-order valence-electron chi connectivity index (χ0n) is 8.84. The fourth-order valence-corrected chi connectivity index (χ4v) is 1.49. The van der Waals surface area contributed by atoms with Crippen molar-refractivity contribution >= 4 is 12.4 Å². The average Bonchev–Trinajstić information content (AvgIpc) is 2.08. The number of halogens is 3. The summed E-state index contributed by atoms with van der Waals surface area (Å²) in [5, 5.41) is 0. The second kappa shape index (κ2) is 6.03. The highest BCUT2D eigenvalue weighted by atomic mass is 35.5. The highest BCUT2D eigenvalue weighted by Crippen LogP contribution is 2.23. The molecule has 4 heteroatoms. The van der Waals surface area contributed by atoms with Crippen molar-refractivity contribution in [2.75, 3.05) is 0 Å². The van der Waals surface area contributed by atoms with Crippen LogP contribution >= 0.6 is 12.4 Å². The molecule has 0 saturated carbocycles. The van der Waals surface area contributed by atoms with Gasteiger partial charge in [-0.3, -0.25) is 0 Å². The fourth-order valence-electron chi connectivity index (χ4n) is 1.49. The molecule has 0 aliphatic rings. The summed E-state index contributed by atoms with van der Waals surface area (Å²) in [6.07, 6.45) is -2.62. The van der Waals surface area contributed by atoms with Crippen LogP contribution < -0.4 is 5.73 Å². The van der Waals surface area contributed by atoms with Crippen molar-refractivity contribution in [2.45, 2.75) is 32.7 Å². The molecule has 15 heavy (non-hydrogen) atoms. The third-order valence-corrected chi connectivity index (χ3v) is 2.48. The smallest absolute Gasteiger partial charge is 0.240 e. The molecule has 1 rings (SSSR count). The van der Waals surface area contributed by atoms with Crippen LogP contribution in [0.1, 0.15) is 29.2 Å². The first-order valence-electron chi connectivity index (χ1n) is 4.62. The van der Waals surface area contributed by atoms with Gasteiger partial charge in [-0.2, -0.15) is 0 Å². The predicted octanol–water partition coefficient (Wildman–Crippen LogP) is 3.38. The highest BCUT2D eigenvalue weighted by molar-refractivity contribution is 5.85. The number of hydrogen-bond donors (Lipinski definition) is 1. The van der Waals surface area contributed by atoms with Crippen LogP contribution in [0.15, 0.2) is 18.2 Å². The van der Waals surface area contributed by atoms with Crippen LogP contribution in [0.5, 0.6) is 0 Å². The van der Waals surface area contributed by atoms with E-state index in [4.69, 9.17) is 5.73 Å². The Labute approximate surface area is 95.1 Å². The van der Waals surface area contributed by atoms with Gasteiger partial charge in [0.2, 0.25) is 6.43 Å². The van der Waals surface area contributed by atoms with E-state index in [1.54, 1.807) is 0 Å². The lowest BCUT2D eigenvalue weighted by Gasteiger charge is -2.15. The van der Waals surface area contributed by atoms with E-state index in [1.165, 1.54) is 0 Å². The lowest BCUT2D eigenvalue weighted by molar-refractivity contribution is 0.128. The summed E-state index contributed by atoms with van der Waals surface area (Å²) >= 11 is 0. The van der Waals surface area contributed by atoms with Gasteiger partial charge in [0.05, 0.1) is 0 Å². The molecule has 1 nitrogen and oxygen atoms in total. The molecule has 0 aliphatic heterocycles. The van der Waals surface area contributed by atoms with E-state index >= 15 is 0 Å². The zero-order chi connectivity index (χ0) is 10.7. The highest BCUT2D eigenvalue weighted by Gasteiger charge is 2.14. The third kappa shape index (κ3) is 3.76. The summed E-state index contributed by atoms with van der Waals surface area (Å²) in [6, 6.07) is 5.06. The molecule has 1 aromatic rings. The van der Waals surface area contributed by atoms with Crippen LogP contribution in [-0.4, -0.2) is 6.43 Å². The number of hydrogen-bond acceptors (Lipinski definition) is 1. The van der Waals surface area contributed by atoms with Crippen LogP contribution in [-0.2, 0) is 0 Å². The molecular weight excluding hydrogens is 220 g/mol. The molecule has 1 atom stereocenters. The molecule has 0 heterocycles. The number of nitrogens with two attached hydrogens (primary N) is 1. The van der Waals surface area contributed by atoms with E-state index in [9.17, 15) is 8.78 Å². The van der Waals surface area contributed by atoms with Crippen molar-refractivity contribution in [3.63, 3.8) is 0 Å². The number of benzene rings is 1. The van der Waals surface area contributed by atoms with Gasteiger partial charge in [0.1, 0.15) is 0 Å². The molecular formula is C11H16ClF2N. The van der Waals surface area contributed by atoms with Crippen LogP contribution in [0.25, 0.3) is 0 Å². The van der Waals surface area contributed by atoms with Crippen molar-refractivity contribution in [1.29, 1.82) is 0 Å². The van der Waals surface area contributed by atoms with Gasteiger partial charge in [0.15, 0.2) is 0 Å². The summed E-state index contributed by atoms with van der Waals surface area (Å²) in [5.74, 6) is 0. The Bertz CT molecular complexity index is 315. The Morgan fingerprint density at radius 2 is 1.87 bits per heavy atom. The number of alkyl halides is 2. The molecule has 0 spiro atoms. The van der Waals surface area contributed by atoms with Crippen molar-refractivity contribution in [3.8, 4) is 0 Å². The Hall–Kier alpha value is -0.670. The van der Waals surface area contributed by atoms with Gasteiger partial charge in [-0.1, -0.05) is 18.2 Å². The van der Waals surface area contributed by atoms with Crippen LogP contribution in [0, 0.1) is 13.8 Å². The molecule has 0 amide bonds. The number of aryl methyl sites for hydroxylation is 1. The largest absolute Gasteiger partial charge is 0.324 e. The van der Waals surface area contributed by atoms with E-state index in [-0.39, 0.29) is 18.8 Å². The van der Waals surface area contributed by atoms with Gasteiger partial charge >= 0.3 is 0 Å². The second-order valence-electron chi connectivity index (χ2n) is 3.52. The fraction of sp³-hybridized carbons (Fsp3) is 0.455. The first-order valence-corrected chi connectivity index (χ1v) is 4.62. The first-order chi connectivity index (χ1) is 6.52. The second-order valence-corrected chi connectivity index (χ2v) is 3.52. The van der Waals surface area contributed by atoms with E-state index in [0.29, 0.717) is 0 Å². The standard InChI is InChI=1S/C11H15F2N.ClH/c1-7-4-3-5-9(8(7)2)10(14)6-11(12)13;/h3-5,10-11H,6,14H2,1-2H3;1H/t10-;/m0./s1. The van der Waals surface area contributed by atoms with Gasteiger partial charge in [-0.25, -0.2) is 8.78 Å². The van der Waals surface area contributed by atoms with Crippen molar-refractivity contribution in [2.24, 2.45) is 5.73 Å². The third-order valence-electron chi connectivity index (χ3n) is 2.48. The van der Waals surface area contributed by atoms with Gasteiger partial charge in [0, 0.05) is 12.5 Å². The molecule has 0 bridgehead atoms. The molecule has 1 aromatic carbocycles. The van der Waals surface area contributed by atoms with E-state index in [0.717, 1.165) is 16.7 Å². The molecule has 2 N–H and O–H groups in total. The monoisotopic (exact) mass is 235 g/mol. The Morgan fingerprint density at radius 1 is 1.27 bits per heavy atom. The molecule has 0 aromatic heterocycles. The van der Waals surface area contributed by atoms with Crippen molar-refractivity contribution in [3.05, 3.63) is 34.9 Å². The molecule has 0 radical (unpaired) electrons. The minimum atomic E-state index is -2.34. The maximum Gasteiger partial charge on any atom is 0.240 e. The van der Waals surface area contributed by atoms with E-state index in [2.05, 4.69) is 0 Å². The minimum Gasteiger partial charge on any atom is -0.324 e. The summed E-state index contributed by atoms with van der Waals surface area (Å²) < 4.78 is 24.2. The summed E-state index contributed by atoms with van der Waals surface area (Å²) in [6.45, 7) is 3.87. The molecule has 0 saturated heterocycles. The van der Waals surface area contributed by atoms with Crippen LogP contribution in [0.2, 0.25) is 0 Å². The quantitative estimate of drug-likeness (QED) is 0.854. The topological polar surface area (TPSA) is 26.0 Å². The molecule has 0 fully saturated rings. The maximum absolute atomic E-state index is 12.1. The van der Waals surface area contributed by atoms with Crippen LogP contribution in [0.3, 0.4) is 0 Å². The Balaban J connectivity index is 0.00000196. The normalized spacial score (nSPS) is 12.4. The van der Waals surface area contributed by atoms with Crippen molar-refractivity contribution in [1.82, 2.24) is 0 Å². The summed E-state index contributed by atoms with van der Waals surface area (Å²) in [4.78, 5) is 0. The van der Waals surface area contributed by atoms with Gasteiger partial charge < -0.3 is 5.73 Å². The molecule has 0 aliphatic carbocycles. The van der Waals surface area contributed by atoms with E-state index < -0.39 is 12.5 Å². The number of rotatable bonds is 3. The molecule has 86 valence electrons. The summed E-state index contributed by atoms with van der Waals surface area (Å²) in [5.41, 5.74) is 8.61.